The van der Waals surface area contributed by atoms with E-state index in [-0.39, 0.29) is 5.82 Å². The number of hydrogen-bond donors (Lipinski definition) is 2. The maximum Gasteiger partial charge on any atom is 0.250 e. The maximum absolute atomic E-state index is 13.6. The average Bonchev–Trinajstić information content (AvgIpc) is 3.21. The number of carbonyl (C=O) groups excluding carboxylic acids is 1. The zero-order valence-electron chi connectivity index (χ0n) is 17.5. The smallest absolute Gasteiger partial charge is 0.250 e. The second-order valence-corrected chi connectivity index (χ2v) is 7.82. The first kappa shape index (κ1) is 19.9. The van der Waals surface area contributed by atoms with E-state index in [9.17, 15) is 9.18 Å². The van der Waals surface area contributed by atoms with Gasteiger partial charge in [-0.05, 0) is 42.7 Å². The van der Waals surface area contributed by atoms with Crippen molar-refractivity contribution < 1.29 is 9.18 Å². The Morgan fingerprint density at radius 1 is 1.25 bits per heavy atom. The van der Waals surface area contributed by atoms with Crippen molar-refractivity contribution in [1.82, 2.24) is 19.4 Å². The second kappa shape index (κ2) is 7.92. The van der Waals surface area contributed by atoms with Crippen LogP contribution in [0.3, 0.4) is 0 Å². The second-order valence-electron chi connectivity index (χ2n) is 7.82. The molecule has 0 aliphatic carbocycles. The fourth-order valence-corrected chi connectivity index (χ4v) is 4.12. The minimum absolute atomic E-state index is 0.277. The molecule has 1 amide bonds. The molecule has 3 N–H and O–H groups in total. The quantitative estimate of drug-likeness (QED) is 0.504. The van der Waals surface area contributed by atoms with Gasteiger partial charge in [0, 0.05) is 26.3 Å². The van der Waals surface area contributed by atoms with Gasteiger partial charge in [0.15, 0.2) is 17.5 Å². The zero-order valence-corrected chi connectivity index (χ0v) is 17.5. The molecule has 0 fully saturated rings. The molecule has 162 valence electrons. The van der Waals surface area contributed by atoms with Gasteiger partial charge in [0.25, 0.3) is 5.91 Å². The van der Waals surface area contributed by atoms with Gasteiger partial charge in [0.05, 0.1) is 23.0 Å². The molecule has 5 rings (SSSR count). The number of aromatic nitrogens is 4. The van der Waals surface area contributed by atoms with Crippen LogP contribution in [0, 0.1) is 5.82 Å². The Kier molecular flexibility index (Phi) is 4.93. The summed E-state index contributed by atoms with van der Waals surface area (Å²) in [6.07, 6.45) is 5.21. The van der Waals surface area contributed by atoms with Gasteiger partial charge < -0.3 is 16.0 Å². The summed E-state index contributed by atoms with van der Waals surface area (Å²) in [4.78, 5) is 28.0. The lowest BCUT2D eigenvalue weighted by Gasteiger charge is -2.29. The van der Waals surface area contributed by atoms with E-state index >= 15 is 0 Å². The molecule has 1 aromatic carbocycles. The normalized spacial score (nSPS) is 13.2. The molecular formula is C23H22FN7O. The molecule has 0 saturated carbocycles. The minimum atomic E-state index is -0.521. The number of pyridine rings is 1. The SMILES string of the molecule is CN1CCCc2nc(-c3ncc4c(C(N)=O)cccn34)nc(NCc3cccc(F)c3)c21. The van der Waals surface area contributed by atoms with E-state index in [4.69, 9.17) is 15.7 Å². The topological polar surface area (TPSA) is 101 Å². The van der Waals surface area contributed by atoms with Crippen molar-refractivity contribution in [3.05, 3.63) is 71.4 Å². The van der Waals surface area contributed by atoms with Gasteiger partial charge in [-0.15, -0.1) is 0 Å². The number of carbonyl (C=O) groups is 1. The highest BCUT2D eigenvalue weighted by Crippen LogP contribution is 2.33. The van der Waals surface area contributed by atoms with Crippen molar-refractivity contribution in [2.24, 2.45) is 5.73 Å². The van der Waals surface area contributed by atoms with Crippen LogP contribution in [0.25, 0.3) is 17.2 Å². The van der Waals surface area contributed by atoms with Crippen LogP contribution in [0.1, 0.15) is 28.0 Å². The average molecular weight is 431 g/mol. The van der Waals surface area contributed by atoms with Crippen molar-refractivity contribution in [3.8, 4) is 11.6 Å². The van der Waals surface area contributed by atoms with Gasteiger partial charge in [0.1, 0.15) is 11.5 Å². The number of benzene rings is 1. The lowest BCUT2D eigenvalue weighted by atomic mass is 10.1. The molecule has 0 saturated heterocycles. The van der Waals surface area contributed by atoms with Crippen molar-refractivity contribution >= 4 is 22.9 Å². The number of nitrogens with zero attached hydrogens (tertiary/aromatic N) is 5. The maximum atomic E-state index is 13.6. The standard InChI is InChI=1S/C23H22FN7O/c1-30-9-4-8-17-19(30)21(26-12-14-5-2-6-15(24)11-14)29-22(28-17)23-27-13-18-16(20(25)32)7-3-10-31(18)23/h2-3,5-7,10-11,13H,4,8-9,12H2,1H3,(H2,25,32)(H,26,28,29). The van der Waals surface area contributed by atoms with E-state index in [1.807, 2.05) is 13.1 Å². The van der Waals surface area contributed by atoms with Crippen LogP contribution in [0.15, 0.2) is 48.8 Å². The number of halogens is 1. The summed E-state index contributed by atoms with van der Waals surface area (Å²) in [6.45, 7) is 1.32. The number of hydrogen-bond acceptors (Lipinski definition) is 6. The van der Waals surface area contributed by atoms with Crippen molar-refractivity contribution in [1.29, 1.82) is 0 Å². The first-order valence-electron chi connectivity index (χ1n) is 10.4. The molecule has 0 radical (unpaired) electrons. The van der Waals surface area contributed by atoms with Crippen LogP contribution in [0.4, 0.5) is 15.9 Å². The number of primary amides is 1. The van der Waals surface area contributed by atoms with Crippen LogP contribution in [-0.4, -0.2) is 38.9 Å². The van der Waals surface area contributed by atoms with Gasteiger partial charge in [-0.2, -0.15) is 0 Å². The Morgan fingerprint density at radius 3 is 2.94 bits per heavy atom. The Balaban J connectivity index is 1.60. The molecule has 4 heterocycles. The number of imidazole rings is 1. The van der Waals surface area contributed by atoms with Crippen LogP contribution in [-0.2, 0) is 13.0 Å². The number of amides is 1. The molecule has 1 aliphatic rings. The van der Waals surface area contributed by atoms with E-state index in [0.29, 0.717) is 35.1 Å². The molecule has 4 aromatic rings. The summed E-state index contributed by atoms with van der Waals surface area (Å²) in [6, 6.07) is 9.88. The van der Waals surface area contributed by atoms with Crippen LogP contribution in [0.5, 0.6) is 0 Å². The third-order valence-corrected chi connectivity index (χ3v) is 5.63. The number of fused-ring (bicyclic) bond motifs is 2. The molecule has 0 unspecified atom stereocenters. The Hall–Kier alpha value is -4.01. The summed E-state index contributed by atoms with van der Waals surface area (Å²) in [5.74, 6) is 0.836. The van der Waals surface area contributed by atoms with Crippen molar-refractivity contribution in [2.45, 2.75) is 19.4 Å². The summed E-state index contributed by atoms with van der Waals surface area (Å²) >= 11 is 0. The number of rotatable bonds is 5. The van der Waals surface area contributed by atoms with Crippen LogP contribution in [0.2, 0.25) is 0 Å². The van der Waals surface area contributed by atoms with E-state index in [2.05, 4.69) is 15.2 Å². The van der Waals surface area contributed by atoms with E-state index < -0.39 is 5.91 Å². The molecule has 0 atom stereocenters. The highest BCUT2D eigenvalue weighted by atomic mass is 19.1. The first-order valence-corrected chi connectivity index (χ1v) is 10.4. The molecule has 0 spiro atoms. The van der Waals surface area contributed by atoms with E-state index in [1.54, 1.807) is 35.0 Å². The minimum Gasteiger partial charge on any atom is -0.370 e. The fourth-order valence-electron chi connectivity index (χ4n) is 4.12. The predicted molar refractivity (Wildman–Crippen MR) is 120 cm³/mol. The lowest BCUT2D eigenvalue weighted by Crippen LogP contribution is -2.27. The third kappa shape index (κ3) is 3.51. The molecule has 9 heteroatoms. The monoisotopic (exact) mass is 431 g/mol. The third-order valence-electron chi connectivity index (χ3n) is 5.63. The number of nitrogens with two attached hydrogens (primary N) is 1. The molecule has 1 aliphatic heterocycles. The molecule has 8 nitrogen and oxygen atoms in total. The zero-order chi connectivity index (χ0) is 22.2. The highest BCUT2D eigenvalue weighted by Gasteiger charge is 2.24. The largest absolute Gasteiger partial charge is 0.370 e. The van der Waals surface area contributed by atoms with Gasteiger partial charge in [-0.25, -0.2) is 19.3 Å². The number of aryl methyl sites for hydroxylation is 1. The summed E-state index contributed by atoms with van der Waals surface area (Å²) < 4.78 is 15.4. The number of anilines is 2. The molecule has 32 heavy (non-hydrogen) atoms. The highest BCUT2D eigenvalue weighted by molar-refractivity contribution is 5.99. The summed E-state index contributed by atoms with van der Waals surface area (Å²) in [5.41, 5.74) is 9.17. The van der Waals surface area contributed by atoms with E-state index in [1.165, 1.54) is 12.1 Å². The van der Waals surface area contributed by atoms with Crippen molar-refractivity contribution in [2.75, 3.05) is 23.8 Å². The van der Waals surface area contributed by atoms with Gasteiger partial charge in [-0.1, -0.05) is 12.1 Å². The molecule has 0 bridgehead atoms. The van der Waals surface area contributed by atoms with Crippen LogP contribution >= 0.6 is 0 Å². The lowest BCUT2D eigenvalue weighted by molar-refractivity contribution is 0.100. The fraction of sp³-hybridized carbons (Fsp3) is 0.217. The van der Waals surface area contributed by atoms with Crippen LogP contribution < -0.4 is 16.0 Å². The van der Waals surface area contributed by atoms with Gasteiger partial charge in [0.2, 0.25) is 0 Å². The Bertz CT molecular complexity index is 1330. The predicted octanol–water partition coefficient (Wildman–Crippen LogP) is 3.02. The first-order chi connectivity index (χ1) is 15.5. The summed E-state index contributed by atoms with van der Waals surface area (Å²) in [5, 5.41) is 3.36. The van der Waals surface area contributed by atoms with Gasteiger partial charge >= 0.3 is 0 Å². The number of nitrogens with one attached hydrogen (secondary N) is 1. The Morgan fingerprint density at radius 2 is 2.12 bits per heavy atom. The van der Waals surface area contributed by atoms with Crippen molar-refractivity contribution in [3.63, 3.8) is 0 Å². The van der Waals surface area contributed by atoms with E-state index in [0.717, 1.165) is 36.3 Å². The summed E-state index contributed by atoms with van der Waals surface area (Å²) in [7, 11) is 2.01. The van der Waals surface area contributed by atoms with Gasteiger partial charge in [-0.3, -0.25) is 9.20 Å². The molecule has 3 aromatic heterocycles. The Labute approximate surface area is 183 Å². The molecular weight excluding hydrogens is 409 g/mol.